The molecule has 2 aliphatic heterocycles. The minimum absolute atomic E-state index is 0.250. The normalized spacial score (nSPS) is 61.7. The topological polar surface area (TPSA) is 18.5 Å². The molecule has 0 aromatic carbocycles. The molecule has 164 valence electrons. The molecule has 2 heterocycles. The van der Waals surface area contributed by atoms with Crippen LogP contribution >= 0.6 is 0 Å². The van der Waals surface area contributed by atoms with Crippen LogP contribution in [0.5, 0.6) is 0 Å². The maximum atomic E-state index is 6.92. The predicted molar refractivity (Wildman–Crippen MR) is 116 cm³/mol. The third kappa shape index (κ3) is 2.54. The zero-order valence-electron chi connectivity index (χ0n) is 19.4. The lowest BCUT2D eigenvalue weighted by Crippen LogP contribution is -2.54. The van der Waals surface area contributed by atoms with Crippen molar-refractivity contribution in [3.63, 3.8) is 0 Å². The molecule has 2 nitrogen and oxygen atoms in total. The first kappa shape index (κ1) is 19.6. The first-order valence-electron chi connectivity index (χ1n) is 13.2. The highest BCUT2D eigenvalue weighted by Crippen LogP contribution is 2.71. The lowest BCUT2D eigenvalue weighted by Gasteiger charge is -2.61. The minimum Gasteiger partial charge on any atom is -0.349 e. The van der Waals surface area contributed by atoms with Crippen molar-refractivity contribution in [1.29, 1.82) is 0 Å². The van der Waals surface area contributed by atoms with Crippen LogP contribution in [0.15, 0.2) is 0 Å². The summed E-state index contributed by atoms with van der Waals surface area (Å²) in [5.74, 6) is 5.62. The van der Waals surface area contributed by atoms with Gasteiger partial charge in [0.25, 0.3) is 0 Å². The third-order valence-electron chi connectivity index (χ3n) is 11.9. The molecule has 4 aliphatic carbocycles. The molecule has 6 fully saturated rings. The summed E-state index contributed by atoms with van der Waals surface area (Å²) in [7, 11) is 0. The van der Waals surface area contributed by atoms with Crippen LogP contribution in [-0.2, 0) is 9.47 Å². The summed E-state index contributed by atoms with van der Waals surface area (Å²) in [6.07, 6.45) is 16.2. The Bertz CT molecular complexity index is 651. The van der Waals surface area contributed by atoms with Crippen molar-refractivity contribution in [2.75, 3.05) is 6.61 Å². The van der Waals surface area contributed by atoms with E-state index in [-0.39, 0.29) is 5.79 Å². The van der Waals surface area contributed by atoms with Crippen LogP contribution in [0.1, 0.15) is 98.3 Å². The average molecular weight is 401 g/mol. The summed E-state index contributed by atoms with van der Waals surface area (Å²) in [6.45, 7) is 11.1. The van der Waals surface area contributed by atoms with Crippen LogP contribution < -0.4 is 0 Å². The van der Waals surface area contributed by atoms with Crippen molar-refractivity contribution in [2.24, 2.45) is 52.3 Å². The molecule has 0 amide bonds. The third-order valence-corrected chi connectivity index (χ3v) is 11.9. The molecule has 6 rings (SSSR count). The van der Waals surface area contributed by atoms with Crippen LogP contribution in [0.3, 0.4) is 0 Å². The zero-order valence-corrected chi connectivity index (χ0v) is 19.4. The molecular weight excluding hydrogens is 356 g/mol. The molecule has 1 spiro atoms. The van der Waals surface area contributed by atoms with Gasteiger partial charge in [0.05, 0.1) is 12.7 Å². The molecule has 0 aromatic rings. The second-order valence-corrected chi connectivity index (χ2v) is 12.9. The highest BCUT2D eigenvalue weighted by atomic mass is 16.7. The molecule has 29 heavy (non-hydrogen) atoms. The molecule has 0 N–H and O–H groups in total. The molecule has 0 aromatic heterocycles. The van der Waals surface area contributed by atoms with Gasteiger partial charge in [-0.15, -0.1) is 0 Å². The number of rotatable bonds is 0. The Balaban J connectivity index is 1.27. The van der Waals surface area contributed by atoms with Crippen LogP contribution in [-0.4, -0.2) is 18.5 Å². The predicted octanol–water partition coefficient (Wildman–Crippen LogP) is 6.82. The monoisotopic (exact) mass is 400 g/mol. The Kier molecular flexibility index (Phi) is 4.37. The summed E-state index contributed by atoms with van der Waals surface area (Å²) in [5.41, 5.74) is 1.13. The molecule has 7 unspecified atom stereocenters. The SMILES string of the molecule is CC1CC[C@@]2(OC1)O[C@H]1CC3C4CCC5CCCCC5(C)C4CCC3(C)[C@H]1[C@@H]2C. The zero-order chi connectivity index (χ0) is 20.0. The van der Waals surface area contributed by atoms with Gasteiger partial charge in [-0.1, -0.05) is 40.5 Å². The Hall–Kier alpha value is -0.0800. The van der Waals surface area contributed by atoms with Crippen LogP contribution in [0.25, 0.3) is 0 Å². The molecule has 11 atom stereocenters. The number of ether oxygens (including phenoxy) is 2. The van der Waals surface area contributed by atoms with Gasteiger partial charge in [-0.05, 0) is 97.7 Å². The Morgan fingerprint density at radius 1 is 0.793 bits per heavy atom. The van der Waals surface area contributed by atoms with Gasteiger partial charge >= 0.3 is 0 Å². The number of hydrogen-bond acceptors (Lipinski definition) is 2. The van der Waals surface area contributed by atoms with Crippen molar-refractivity contribution in [3.8, 4) is 0 Å². The highest BCUT2D eigenvalue weighted by molar-refractivity contribution is 5.15. The molecule has 6 aliphatic rings. The summed E-state index contributed by atoms with van der Waals surface area (Å²) in [6, 6.07) is 0. The van der Waals surface area contributed by atoms with Crippen LogP contribution in [0.2, 0.25) is 0 Å². The standard InChI is InChI=1S/C27H44O2/c1-17-10-14-27(28-16-17)18(2)24-23(29-27)15-22-20-9-8-19-7-5-6-12-25(19,3)21(20)11-13-26(22,24)4/h17-24H,5-16H2,1-4H3/t17?,18-,19?,20?,21?,22?,23-,24-,25?,26?,27+/m0/s1. The van der Waals surface area contributed by atoms with Gasteiger partial charge in [0.1, 0.15) is 0 Å². The van der Waals surface area contributed by atoms with E-state index in [0.29, 0.717) is 28.8 Å². The lowest BCUT2D eigenvalue weighted by atomic mass is 9.44. The van der Waals surface area contributed by atoms with Crippen molar-refractivity contribution in [1.82, 2.24) is 0 Å². The highest BCUT2D eigenvalue weighted by Gasteiger charge is 2.68. The smallest absolute Gasteiger partial charge is 0.171 e. The molecule has 4 saturated carbocycles. The molecular formula is C27H44O2. The van der Waals surface area contributed by atoms with Crippen molar-refractivity contribution < 1.29 is 9.47 Å². The molecule has 0 radical (unpaired) electrons. The fourth-order valence-electron chi connectivity index (χ4n) is 10.3. The fourth-order valence-corrected chi connectivity index (χ4v) is 10.3. The van der Waals surface area contributed by atoms with Crippen molar-refractivity contribution in [3.05, 3.63) is 0 Å². The van der Waals surface area contributed by atoms with E-state index in [4.69, 9.17) is 9.47 Å². The average Bonchev–Trinajstić information content (AvgIpc) is 3.15. The van der Waals surface area contributed by atoms with Gasteiger partial charge in [-0.25, -0.2) is 0 Å². The van der Waals surface area contributed by atoms with E-state index in [0.717, 1.165) is 42.6 Å². The largest absolute Gasteiger partial charge is 0.349 e. The van der Waals surface area contributed by atoms with Crippen molar-refractivity contribution >= 4 is 0 Å². The molecule has 2 saturated heterocycles. The fraction of sp³-hybridized carbons (Fsp3) is 1.00. The maximum Gasteiger partial charge on any atom is 0.171 e. The van der Waals surface area contributed by atoms with E-state index < -0.39 is 0 Å². The quantitative estimate of drug-likeness (QED) is 0.444. The number of hydrogen-bond donors (Lipinski definition) is 0. The van der Waals surface area contributed by atoms with E-state index in [1.54, 1.807) is 0 Å². The Labute approximate surface area is 178 Å². The minimum atomic E-state index is -0.250. The van der Waals surface area contributed by atoms with E-state index in [1.807, 2.05) is 0 Å². The van der Waals surface area contributed by atoms with E-state index >= 15 is 0 Å². The van der Waals surface area contributed by atoms with Gasteiger partial charge in [0.2, 0.25) is 0 Å². The maximum absolute atomic E-state index is 6.92. The van der Waals surface area contributed by atoms with Gasteiger partial charge in [0.15, 0.2) is 5.79 Å². The van der Waals surface area contributed by atoms with E-state index in [1.165, 1.54) is 64.2 Å². The van der Waals surface area contributed by atoms with E-state index in [9.17, 15) is 0 Å². The van der Waals surface area contributed by atoms with Gasteiger partial charge in [0, 0.05) is 12.3 Å². The summed E-state index contributed by atoms with van der Waals surface area (Å²) < 4.78 is 13.4. The summed E-state index contributed by atoms with van der Waals surface area (Å²) in [5, 5.41) is 0. The van der Waals surface area contributed by atoms with Gasteiger partial charge < -0.3 is 9.47 Å². The van der Waals surface area contributed by atoms with Gasteiger partial charge in [-0.2, -0.15) is 0 Å². The van der Waals surface area contributed by atoms with E-state index in [2.05, 4.69) is 27.7 Å². The van der Waals surface area contributed by atoms with Crippen LogP contribution in [0.4, 0.5) is 0 Å². The molecule has 0 bridgehead atoms. The summed E-state index contributed by atoms with van der Waals surface area (Å²) >= 11 is 0. The first-order valence-corrected chi connectivity index (χ1v) is 13.2. The second-order valence-electron chi connectivity index (χ2n) is 12.9. The number of fused-ring (bicyclic) bond motifs is 7. The Morgan fingerprint density at radius 3 is 2.45 bits per heavy atom. The summed E-state index contributed by atoms with van der Waals surface area (Å²) in [4.78, 5) is 0. The second kappa shape index (κ2) is 6.47. The lowest BCUT2D eigenvalue weighted by molar-refractivity contribution is -0.273. The van der Waals surface area contributed by atoms with Crippen molar-refractivity contribution in [2.45, 2.75) is 110 Å². The Morgan fingerprint density at radius 2 is 1.66 bits per heavy atom. The molecule has 2 heteroatoms. The van der Waals surface area contributed by atoms with Crippen LogP contribution in [0, 0.1) is 52.3 Å². The van der Waals surface area contributed by atoms with Gasteiger partial charge in [-0.3, -0.25) is 0 Å². The first-order chi connectivity index (χ1) is 13.9.